The first kappa shape index (κ1) is 36.1. The summed E-state index contributed by atoms with van der Waals surface area (Å²) in [6.07, 6.45) is 8.02. The van der Waals surface area contributed by atoms with Gasteiger partial charge in [0, 0.05) is 38.9 Å². The van der Waals surface area contributed by atoms with E-state index in [1.807, 2.05) is 0 Å². The van der Waals surface area contributed by atoms with Crippen LogP contribution in [0.25, 0.3) is 82.8 Å². The predicted molar refractivity (Wildman–Crippen MR) is 256 cm³/mol. The van der Waals surface area contributed by atoms with Crippen molar-refractivity contribution in [1.82, 2.24) is 15.2 Å². The number of furan rings is 1. The quantitative estimate of drug-likeness (QED) is 0.169. The summed E-state index contributed by atoms with van der Waals surface area (Å²) in [7, 11) is 0. The molecule has 0 saturated heterocycles. The van der Waals surface area contributed by atoms with Gasteiger partial charge in [-0.3, -0.25) is 5.32 Å². The molecule has 62 heavy (non-hydrogen) atoms. The van der Waals surface area contributed by atoms with Crippen LogP contribution in [0, 0.1) is 0 Å². The van der Waals surface area contributed by atoms with Crippen LogP contribution in [-0.4, -0.2) is 10.4 Å². The van der Waals surface area contributed by atoms with Crippen molar-refractivity contribution in [3.8, 4) is 39.1 Å². The van der Waals surface area contributed by atoms with Gasteiger partial charge in [0.05, 0.1) is 11.0 Å². The molecule has 5 heteroatoms. The molecule has 12 rings (SSSR count). The van der Waals surface area contributed by atoms with Crippen molar-refractivity contribution < 1.29 is 4.42 Å². The minimum atomic E-state index is -0.259. The molecular weight excluding hydrogens is 757 g/mol. The molecule has 8 aromatic carbocycles. The van der Waals surface area contributed by atoms with Gasteiger partial charge in [-0.25, -0.2) is 4.99 Å². The molecule has 3 heterocycles. The van der Waals surface area contributed by atoms with Crippen molar-refractivity contribution in [1.29, 1.82) is 0 Å². The largest absolute Gasteiger partial charge is 0.456 e. The second kappa shape index (κ2) is 15.1. The third-order valence-corrected chi connectivity index (χ3v) is 12.6. The molecule has 2 aromatic heterocycles. The lowest BCUT2D eigenvalue weighted by Gasteiger charge is -2.33. The van der Waals surface area contributed by atoms with Crippen LogP contribution >= 0.6 is 0 Å². The highest BCUT2D eigenvalue weighted by atomic mass is 16.3. The Bertz CT molecular complexity index is 3410. The molecule has 0 bridgehead atoms. The Morgan fingerprint density at radius 2 is 1.21 bits per heavy atom. The van der Waals surface area contributed by atoms with Gasteiger partial charge in [0.1, 0.15) is 29.3 Å². The molecule has 2 aliphatic rings. The Morgan fingerprint density at radius 3 is 1.95 bits per heavy atom. The Labute approximate surface area is 360 Å². The van der Waals surface area contributed by atoms with Crippen LogP contribution in [0.4, 0.5) is 0 Å². The summed E-state index contributed by atoms with van der Waals surface area (Å²) >= 11 is 0. The van der Waals surface area contributed by atoms with Gasteiger partial charge in [-0.15, -0.1) is 0 Å². The maximum absolute atomic E-state index is 6.82. The Hall–Kier alpha value is -7.73. The average molecular weight is 799 g/mol. The molecule has 2 unspecified atom stereocenters. The van der Waals surface area contributed by atoms with Crippen LogP contribution < -0.4 is 10.6 Å². The van der Waals surface area contributed by atoms with E-state index in [0.717, 1.165) is 68.5 Å². The van der Waals surface area contributed by atoms with Crippen molar-refractivity contribution in [2.24, 2.45) is 4.99 Å². The highest BCUT2D eigenvalue weighted by Crippen LogP contribution is 2.41. The second-order valence-corrected chi connectivity index (χ2v) is 16.3. The van der Waals surface area contributed by atoms with E-state index in [9.17, 15) is 0 Å². The highest BCUT2D eigenvalue weighted by molar-refractivity contribution is 6.12. The molecule has 0 radical (unpaired) electrons. The molecule has 0 fully saturated rings. The molecule has 2 N–H and O–H groups in total. The molecule has 0 saturated carbocycles. The third kappa shape index (κ3) is 6.34. The molecule has 2 atom stereocenters. The lowest BCUT2D eigenvalue weighted by molar-refractivity contribution is 0.410. The molecule has 1 aliphatic carbocycles. The van der Waals surface area contributed by atoms with E-state index in [2.05, 4.69) is 221 Å². The minimum absolute atomic E-state index is 0.226. The lowest BCUT2D eigenvalue weighted by Crippen LogP contribution is -2.45. The first-order valence-corrected chi connectivity index (χ1v) is 21.5. The Balaban J connectivity index is 0.982. The molecule has 0 spiro atoms. The molecule has 296 valence electrons. The number of aromatic nitrogens is 1. The average Bonchev–Trinajstić information content (AvgIpc) is 3.89. The highest BCUT2D eigenvalue weighted by Gasteiger charge is 2.29. The molecule has 0 amide bonds. The fourth-order valence-corrected chi connectivity index (χ4v) is 9.51. The zero-order chi connectivity index (χ0) is 41.0. The van der Waals surface area contributed by atoms with Crippen LogP contribution in [-0.2, 0) is 0 Å². The van der Waals surface area contributed by atoms with E-state index in [1.54, 1.807) is 0 Å². The first-order valence-electron chi connectivity index (χ1n) is 21.5. The van der Waals surface area contributed by atoms with Gasteiger partial charge in [0.2, 0.25) is 0 Å². The first-order chi connectivity index (χ1) is 30.7. The van der Waals surface area contributed by atoms with E-state index >= 15 is 0 Å². The summed E-state index contributed by atoms with van der Waals surface area (Å²) in [5.41, 5.74) is 15.6. The number of benzene rings is 8. The molecular formula is C57H42N4O. The number of hydrogen-bond donors (Lipinski definition) is 2. The third-order valence-electron chi connectivity index (χ3n) is 12.6. The summed E-state index contributed by atoms with van der Waals surface area (Å²) in [4.78, 5) is 5.32. The van der Waals surface area contributed by atoms with Crippen LogP contribution in [0.15, 0.2) is 221 Å². The minimum Gasteiger partial charge on any atom is -0.456 e. The van der Waals surface area contributed by atoms with E-state index < -0.39 is 0 Å². The van der Waals surface area contributed by atoms with Crippen molar-refractivity contribution in [3.05, 3.63) is 223 Å². The number of nitrogens with one attached hydrogen (secondary N) is 2. The van der Waals surface area contributed by atoms with Gasteiger partial charge in [-0.2, -0.15) is 0 Å². The van der Waals surface area contributed by atoms with Crippen LogP contribution in [0.3, 0.4) is 0 Å². The van der Waals surface area contributed by atoms with E-state index in [4.69, 9.17) is 9.41 Å². The summed E-state index contributed by atoms with van der Waals surface area (Å²) in [6, 6.07) is 67.4. The van der Waals surface area contributed by atoms with E-state index in [0.29, 0.717) is 0 Å². The number of amidine groups is 1. The van der Waals surface area contributed by atoms with Gasteiger partial charge < -0.3 is 14.3 Å². The summed E-state index contributed by atoms with van der Waals surface area (Å²) in [6.45, 7) is 0. The van der Waals surface area contributed by atoms with Gasteiger partial charge in [0.15, 0.2) is 0 Å². The monoisotopic (exact) mass is 798 g/mol. The van der Waals surface area contributed by atoms with Gasteiger partial charge >= 0.3 is 0 Å². The maximum Gasteiger partial charge on any atom is 0.137 e. The number of rotatable bonds is 7. The summed E-state index contributed by atoms with van der Waals surface area (Å²) in [5.74, 6) is 0.928. The van der Waals surface area contributed by atoms with E-state index in [-0.39, 0.29) is 12.3 Å². The normalized spacial score (nSPS) is 16.5. The molecule has 1 aliphatic heterocycles. The summed E-state index contributed by atoms with van der Waals surface area (Å²) in [5, 5.41) is 12.3. The lowest BCUT2D eigenvalue weighted by atomic mass is 9.98. The molecule has 10 aromatic rings. The summed E-state index contributed by atoms with van der Waals surface area (Å²) < 4.78 is 9.21. The topological polar surface area (TPSA) is 54.5 Å². The SMILES string of the molecule is C1=CCCC(C2=NC(c3cccc(-c4ccccc4)c3)NC(c3cccc4oc5cc(-n6c7ccc(-c8ccccc8)cc7c7ccc(-c8ccccc8)cc76)ccc5c34)N2)=C1. The van der Waals surface area contributed by atoms with Gasteiger partial charge in [-0.1, -0.05) is 158 Å². The zero-order valence-electron chi connectivity index (χ0n) is 34.0. The fraction of sp³-hybridized carbons (Fsp3) is 0.0702. The van der Waals surface area contributed by atoms with Gasteiger partial charge in [-0.05, 0) is 99.8 Å². The Morgan fingerprint density at radius 1 is 0.532 bits per heavy atom. The number of aliphatic imine (C=N–C) groups is 1. The van der Waals surface area contributed by atoms with Gasteiger partial charge in [0.25, 0.3) is 0 Å². The smallest absolute Gasteiger partial charge is 0.137 e. The van der Waals surface area contributed by atoms with Crippen molar-refractivity contribution in [2.75, 3.05) is 0 Å². The number of hydrogen-bond acceptors (Lipinski definition) is 4. The van der Waals surface area contributed by atoms with E-state index in [1.165, 1.54) is 49.7 Å². The maximum atomic E-state index is 6.82. The van der Waals surface area contributed by atoms with Crippen molar-refractivity contribution >= 4 is 49.6 Å². The Kier molecular flexibility index (Phi) is 8.79. The van der Waals surface area contributed by atoms with Crippen LogP contribution in [0.1, 0.15) is 36.3 Å². The van der Waals surface area contributed by atoms with Crippen LogP contribution in [0.2, 0.25) is 0 Å². The molecule has 5 nitrogen and oxygen atoms in total. The predicted octanol–water partition coefficient (Wildman–Crippen LogP) is 14.2. The standard InChI is InChI=1S/C57H42N4O/c1-5-15-37(16-6-1)41-23-13-24-44(33-41)56-58-55(40-21-11-4-12-22-40)59-57(60-56)48-25-14-26-52-54(48)47-31-29-45(36-53(47)62-52)61-50-32-28-42(38-17-7-2-8-18-38)34-49(50)46-30-27-43(35-51(46)61)39-19-9-3-10-20-39/h1-11,13-21,23-36,56-57,60H,12,22H2,(H,58,59). The number of fused-ring (bicyclic) bond motifs is 6. The van der Waals surface area contributed by atoms with Crippen molar-refractivity contribution in [3.63, 3.8) is 0 Å². The zero-order valence-corrected chi connectivity index (χ0v) is 34.0. The second-order valence-electron chi connectivity index (χ2n) is 16.3. The number of nitrogens with zero attached hydrogens (tertiary/aromatic N) is 2. The number of allylic oxidation sites excluding steroid dienone is 3. The fourth-order valence-electron chi connectivity index (χ4n) is 9.51. The van der Waals surface area contributed by atoms with Crippen LogP contribution in [0.5, 0.6) is 0 Å². The van der Waals surface area contributed by atoms with Crippen molar-refractivity contribution in [2.45, 2.75) is 25.2 Å².